The molecular formula is C13H13ClN2O2S. The van der Waals surface area contributed by atoms with Gasteiger partial charge >= 0.3 is 0 Å². The van der Waals surface area contributed by atoms with Crippen molar-refractivity contribution in [3.8, 4) is 0 Å². The molecule has 0 saturated heterocycles. The topological polar surface area (TPSA) is 72.2 Å². The molecule has 0 aliphatic rings. The maximum atomic E-state index is 12.0. The Balaban J connectivity index is 2.18. The Kier molecular flexibility index (Phi) is 3.97. The predicted octanol–water partition coefficient (Wildman–Crippen LogP) is 2.86. The molecule has 19 heavy (non-hydrogen) atoms. The van der Waals surface area contributed by atoms with Crippen molar-refractivity contribution < 1.29 is 8.42 Å². The predicted molar refractivity (Wildman–Crippen MR) is 78.6 cm³/mol. The first-order valence-corrected chi connectivity index (χ1v) is 7.59. The summed E-state index contributed by atoms with van der Waals surface area (Å²) in [4.78, 5) is 0. The van der Waals surface area contributed by atoms with Crippen LogP contribution in [0.5, 0.6) is 0 Å². The first-order chi connectivity index (χ1) is 8.96. The van der Waals surface area contributed by atoms with Crippen LogP contribution in [0.3, 0.4) is 0 Å². The molecule has 6 heteroatoms. The van der Waals surface area contributed by atoms with Gasteiger partial charge in [-0.15, -0.1) is 0 Å². The highest BCUT2D eigenvalue weighted by Crippen LogP contribution is 2.22. The SMILES string of the molecule is Nc1cccc(CS(=O)(=O)Nc2ccccc2Cl)c1. The minimum Gasteiger partial charge on any atom is -0.399 e. The van der Waals surface area contributed by atoms with Crippen molar-refractivity contribution in [2.45, 2.75) is 5.75 Å². The van der Waals surface area contributed by atoms with Crippen LogP contribution >= 0.6 is 11.6 Å². The van der Waals surface area contributed by atoms with E-state index >= 15 is 0 Å². The lowest BCUT2D eigenvalue weighted by Gasteiger charge is -2.09. The molecule has 0 aromatic heterocycles. The minimum absolute atomic E-state index is 0.150. The fourth-order valence-corrected chi connectivity index (χ4v) is 3.09. The van der Waals surface area contributed by atoms with Crippen molar-refractivity contribution in [3.63, 3.8) is 0 Å². The molecular weight excluding hydrogens is 284 g/mol. The Morgan fingerprint density at radius 2 is 1.84 bits per heavy atom. The summed E-state index contributed by atoms with van der Waals surface area (Å²) < 4.78 is 26.5. The molecule has 0 fully saturated rings. The lowest BCUT2D eigenvalue weighted by atomic mass is 10.2. The van der Waals surface area contributed by atoms with E-state index in [4.69, 9.17) is 17.3 Å². The van der Waals surface area contributed by atoms with Crippen LogP contribution in [0.2, 0.25) is 5.02 Å². The van der Waals surface area contributed by atoms with Gasteiger partial charge in [-0.05, 0) is 29.8 Å². The van der Waals surface area contributed by atoms with E-state index in [0.29, 0.717) is 22.0 Å². The first-order valence-electron chi connectivity index (χ1n) is 5.56. The van der Waals surface area contributed by atoms with Crippen molar-refractivity contribution in [1.82, 2.24) is 0 Å². The zero-order valence-corrected chi connectivity index (χ0v) is 11.6. The van der Waals surface area contributed by atoms with E-state index in [0.717, 1.165) is 0 Å². The van der Waals surface area contributed by atoms with Crippen LogP contribution in [-0.2, 0) is 15.8 Å². The Morgan fingerprint density at radius 1 is 1.11 bits per heavy atom. The summed E-state index contributed by atoms with van der Waals surface area (Å²) in [6, 6.07) is 13.4. The third kappa shape index (κ3) is 3.87. The molecule has 0 amide bonds. The van der Waals surface area contributed by atoms with Gasteiger partial charge in [0, 0.05) is 5.69 Å². The van der Waals surface area contributed by atoms with E-state index in [9.17, 15) is 8.42 Å². The summed E-state index contributed by atoms with van der Waals surface area (Å²) in [6.07, 6.45) is 0. The van der Waals surface area contributed by atoms with Gasteiger partial charge in [0.15, 0.2) is 0 Å². The molecule has 100 valence electrons. The normalized spacial score (nSPS) is 11.2. The molecule has 0 atom stereocenters. The van der Waals surface area contributed by atoms with E-state index < -0.39 is 10.0 Å². The van der Waals surface area contributed by atoms with Gasteiger partial charge in [-0.25, -0.2) is 8.42 Å². The standard InChI is InChI=1S/C13H13ClN2O2S/c14-12-6-1-2-7-13(12)16-19(17,18)9-10-4-3-5-11(15)8-10/h1-8,16H,9,15H2. The molecule has 0 spiro atoms. The molecule has 0 aliphatic carbocycles. The summed E-state index contributed by atoms with van der Waals surface area (Å²) in [5.74, 6) is -0.150. The van der Waals surface area contributed by atoms with Crippen molar-refractivity contribution >= 4 is 33.0 Å². The van der Waals surface area contributed by atoms with Crippen molar-refractivity contribution in [2.24, 2.45) is 0 Å². The Bertz CT molecular complexity index is 687. The number of nitrogens with two attached hydrogens (primary N) is 1. The van der Waals surface area contributed by atoms with Crippen LogP contribution in [0, 0.1) is 0 Å². The molecule has 0 radical (unpaired) electrons. The summed E-state index contributed by atoms with van der Waals surface area (Å²) in [6.45, 7) is 0. The zero-order valence-electron chi connectivity index (χ0n) is 10.0. The van der Waals surface area contributed by atoms with E-state index in [1.807, 2.05) is 0 Å². The number of para-hydroxylation sites is 1. The molecule has 0 unspecified atom stereocenters. The molecule has 0 aliphatic heterocycles. The van der Waals surface area contributed by atoms with E-state index in [1.54, 1.807) is 48.5 Å². The van der Waals surface area contributed by atoms with Crippen LogP contribution in [0.15, 0.2) is 48.5 Å². The van der Waals surface area contributed by atoms with Crippen LogP contribution in [0.1, 0.15) is 5.56 Å². The monoisotopic (exact) mass is 296 g/mol. The van der Waals surface area contributed by atoms with Crippen LogP contribution in [-0.4, -0.2) is 8.42 Å². The first kappa shape index (κ1) is 13.7. The summed E-state index contributed by atoms with van der Waals surface area (Å²) in [5.41, 5.74) is 7.14. The second-order valence-electron chi connectivity index (χ2n) is 4.09. The number of hydrogen-bond acceptors (Lipinski definition) is 3. The molecule has 0 heterocycles. The van der Waals surface area contributed by atoms with Crippen molar-refractivity contribution in [1.29, 1.82) is 0 Å². The summed E-state index contributed by atoms with van der Waals surface area (Å²) in [5, 5.41) is 0.360. The average Bonchev–Trinajstić information content (AvgIpc) is 2.31. The number of rotatable bonds is 4. The molecule has 0 bridgehead atoms. The van der Waals surface area contributed by atoms with Crippen LogP contribution < -0.4 is 10.5 Å². The van der Waals surface area contributed by atoms with Gasteiger partial charge in [0.1, 0.15) is 0 Å². The van der Waals surface area contributed by atoms with Gasteiger partial charge in [-0.1, -0.05) is 35.9 Å². The Morgan fingerprint density at radius 3 is 2.53 bits per heavy atom. The van der Waals surface area contributed by atoms with Gasteiger partial charge in [-0.2, -0.15) is 0 Å². The van der Waals surface area contributed by atoms with E-state index in [2.05, 4.69) is 4.72 Å². The second kappa shape index (κ2) is 5.50. The number of nitrogen functional groups attached to an aromatic ring is 1. The van der Waals surface area contributed by atoms with Gasteiger partial charge in [0.05, 0.1) is 16.5 Å². The van der Waals surface area contributed by atoms with E-state index in [-0.39, 0.29) is 5.75 Å². The second-order valence-corrected chi connectivity index (χ2v) is 6.22. The maximum absolute atomic E-state index is 12.0. The number of anilines is 2. The zero-order chi connectivity index (χ0) is 13.9. The highest BCUT2D eigenvalue weighted by Gasteiger charge is 2.13. The average molecular weight is 297 g/mol. The van der Waals surface area contributed by atoms with E-state index in [1.165, 1.54) is 0 Å². The van der Waals surface area contributed by atoms with Crippen LogP contribution in [0.4, 0.5) is 11.4 Å². The van der Waals surface area contributed by atoms with Gasteiger partial charge in [0.25, 0.3) is 0 Å². The molecule has 4 nitrogen and oxygen atoms in total. The minimum atomic E-state index is -3.52. The van der Waals surface area contributed by atoms with Crippen molar-refractivity contribution in [3.05, 3.63) is 59.1 Å². The van der Waals surface area contributed by atoms with Gasteiger partial charge in [-0.3, -0.25) is 4.72 Å². The summed E-state index contributed by atoms with van der Waals surface area (Å²) >= 11 is 5.91. The van der Waals surface area contributed by atoms with Gasteiger partial charge in [0.2, 0.25) is 10.0 Å². The molecule has 2 aromatic rings. The quantitative estimate of drug-likeness (QED) is 0.852. The van der Waals surface area contributed by atoms with Gasteiger partial charge < -0.3 is 5.73 Å². The number of hydrogen-bond donors (Lipinski definition) is 2. The highest BCUT2D eigenvalue weighted by atomic mass is 35.5. The molecule has 2 rings (SSSR count). The Labute approximate surface area is 117 Å². The molecule has 0 saturated carbocycles. The number of nitrogens with one attached hydrogen (secondary N) is 1. The third-order valence-electron chi connectivity index (χ3n) is 2.45. The molecule has 2 aromatic carbocycles. The smallest absolute Gasteiger partial charge is 0.236 e. The van der Waals surface area contributed by atoms with Crippen molar-refractivity contribution in [2.75, 3.05) is 10.5 Å². The maximum Gasteiger partial charge on any atom is 0.236 e. The fraction of sp³-hybridized carbons (Fsp3) is 0.0769. The highest BCUT2D eigenvalue weighted by molar-refractivity contribution is 7.91. The third-order valence-corrected chi connectivity index (χ3v) is 4.02. The summed E-state index contributed by atoms with van der Waals surface area (Å²) in [7, 11) is -3.52. The number of benzene rings is 2. The Hall–Kier alpha value is -1.72. The van der Waals surface area contributed by atoms with Crippen LogP contribution in [0.25, 0.3) is 0 Å². The lowest BCUT2D eigenvalue weighted by molar-refractivity contribution is 0.600. The number of halogens is 1. The lowest BCUT2D eigenvalue weighted by Crippen LogP contribution is -2.15. The number of sulfonamides is 1. The largest absolute Gasteiger partial charge is 0.399 e. The fourth-order valence-electron chi connectivity index (χ4n) is 1.65. The molecule has 3 N–H and O–H groups in total.